The molecule has 0 saturated heterocycles. The molecule has 2 atom stereocenters. The smallest absolute Gasteiger partial charge is 0.306 e. The Bertz CT molecular complexity index is 1280. The van der Waals surface area contributed by atoms with Crippen LogP contribution in [0.15, 0.2) is 54.6 Å². The third-order valence-electron chi connectivity index (χ3n) is 6.64. The van der Waals surface area contributed by atoms with Crippen LogP contribution in [-0.2, 0) is 9.59 Å². The molecule has 1 aromatic heterocycles. The number of benzene rings is 2. The zero-order valence-electron chi connectivity index (χ0n) is 21.2. The SMILES string of the molecule is CCCC(=O)Nc1ccc(O)c(-c2cc(-c3cccc(OC)c3)cc(NC3CCCC(C(=O)O)C3)n2)c1. The maximum absolute atomic E-state index is 12.1. The Balaban J connectivity index is 1.73. The minimum atomic E-state index is -0.767. The van der Waals surface area contributed by atoms with E-state index >= 15 is 0 Å². The van der Waals surface area contributed by atoms with Crippen LogP contribution in [0.25, 0.3) is 22.4 Å². The topological polar surface area (TPSA) is 121 Å². The number of phenolic OH excluding ortho intramolecular Hbond substituents is 1. The summed E-state index contributed by atoms with van der Waals surface area (Å²) >= 11 is 0. The van der Waals surface area contributed by atoms with Gasteiger partial charge in [-0.1, -0.05) is 25.5 Å². The van der Waals surface area contributed by atoms with Crippen LogP contribution in [-0.4, -0.2) is 40.2 Å². The van der Waals surface area contributed by atoms with Crippen molar-refractivity contribution in [3.63, 3.8) is 0 Å². The van der Waals surface area contributed by atoms with Crippen LogP contribution in [0, 0.1) is 5.92 Å². The number of carboxylic acids is 1. The molecule has 37 heavy (non-hydrogen) atoms. The Hall–Kier alpha value is -4.07. The number of carbonyl (C=O) groups excluding carboxylic acids is 1. The van der Waals surface area contributed by atoms with Crippen LogP contribution in [0.5, 0.6) is 11.5 Å². The fourth-order valence-electron chi connectivity index (χ4n) is 4.74. The molecule has 0 bridgehead atoms. The van der Waals surface area contributed by atoms with E-state index in [-0.39, 0.29) is 23.6 Å². The number of hydrogen-bond donors (Lipinski definition) is 4. The summed E-state index contributed by atoms with van der Waals surface area (Å²) in [5, 5.41) is 26.5. The van der Waals surface area contributed by atoms with Gasteiger partial charge in [0.2, 0.25) is 5.91 Å². The molecule has 2 unspecified atom stereocenters. The summed E-state index contributed by atoms with van der Waals surface area (Å²) in [5.41, 5.74) is 3.35. The number of amides is 1. The number of carboxylic acid groups (broad SMARTS) is 1. The van der Waals surface area contributed by atoms with Crippen molar-refractivity contribution >= 4 is 23.4 Å². The largest absolute Gasteiger partial charge is 0.507 e. The van der Waals surface area contributed by atoms with Crippen molar-refractivity contribution < 1.29 is 24.5 Å². The molecule has 4 rings (SSSR count). The molecule has 1 aliphatic rings. The van der Waals surface area contributed by atoms with Gasteiger partial charge in [-0.2, -0.15) is 0 Å². The van der Waals surface area contributed by atoms with Crippen LogP contribution in [0.2, 0.25) is 0 Å². The van der Waals surface area contributed by atoms with E-state index < -0.39 is 5.97 Å². The molecule has 194 valence electrons. The zero-order chi connectivity index (χ0) is 26.4. The predicted molar refractivity (Wildman–Crippen MR) is 144 cm³/mol. The summed E-state index contributed by atoms with van der Waals surface area (Å²) in [4.78, 5) is 28.5. The fourth-order valence-corrected chi connectivity index (χ4v) is 4.74. The molecule has 8 heteroatoms. The third kappa shape index (κ3) is 6.58. The first-order chi connectivity index (χ1) is 17.9. The zero-order valence-corrected chi connectivity index (χ0v) is 21.2. The number of methoxy groups -OCH3 is 1. The van der Waals surface area contributed by atoms with E-state index in [1.54, 1.807) is 25.3 Å². The normalized spacial score (nSPS) is 17.1. The number of pyridine rings is 1. The van der Waals surface area contributed by atoms with Crippen molar-refractivity contribution in [2.24, 2.45) is 5.92 Å². The highest BCUT2D eigenvalue weighted by Crippen LogP contribution is 2.36. The number of nitrogens with zero attached hydrogens (tertiary/aromatic N) is 1. The molecule has 2 aromatic carbocycles. The summed E-state index contributed by atoms with van der Waals surface area (Å²) in [6.07, 6.45) is 4.04. The Kier molecular flexibility index (Phi) is 8.28. The summed E-state index contributed by atoms with van der Waals surface area (Å²) in [6.45, 7) is 1.94. The molecule has 8 nitrogen and oxygen atoms in total. The van der Waals surface area contributed by atoms with E-state index in [1.165, 1.54) is 0 Å². The maximum atomic E-state index is 12.1. The van der Waals surface area contributed by atoms with Crippen molar-refractivity contribution in [2.45, 2.75) is 51.5 Å². The molecule has 4 N–H and O–H groups in total. The van der Waals surface area contributed by atoms with Crippen molar-refractivity contribution in [1.82, 2.24) is 4.98 Å². The molecule has 1 fully saturated rings. The average molecular weight is 504 g/mol. The molecule has 1 heterocycles. The van der Waals surface area contributed by atoms with Crippen LogP contribution < -0.4 is 15.4 Å². The summed E-state index contributed by atoms with van der Waals surface area (Å²) in [7, 11) is 1.61. The number of phenols is 1. The van der Waals surface area contributed by atoms with E-state index in [4.69, 9.17) is 9.72 Å². The van der Waals surface area contributed by atoms with E-state index in [1.807, 2.05) is 43.3 Å². The first-order valence-electron chi connectivity index (χ1n) is 12.7. The lowest BCUT2D eigenvalue weighted by molar-refractivity contribution is -0.142. The van der Waals surface area contributed by atoms with E-state index in [9.17, 15) is 19.8 Å². The third-order valence-corrected chi connectivity index (χ3v) is 6.64. The van der Waals surface area contributed by atoms with Crippen LogP contribution in [0.4, 0.5) is 11.5 Å². The predicted octanol–water partition coefficient (Wildman–Crippen LogP) is 5.92. The number of rotatable bonds is 9. The minimum absolute atomic E-state index is 0.0241. The average Bonchev–Trinajstić information content (AvgIpc) is 2.90. The van der Waals surface area contributed by atoms with Crippen molar-refractivity contribution in [3.05, 3.63) is 54.6 Å². The number of aliphatic carboxylic acids is 1. The second kappa shape index (κ2) is 11.8. The van der Waals surface area contributed by atoms with Crippen LogP contribution in [0.3, 0.4) is 0 Å². The Morgan fingerprint density at radius 2 is 1.92 bits per heavy atom. The van der Waals surface area contributed by atoms with Gasteiger partial charge in [-0.25, -0.2) is 4.98 Å². The van der Waals surface area contributed by atoms with Crippen LogP contribution in [0.1, 0.15) is 45.4 Å². The van der Waals surface area contributed by atoms with Crippen molar-refractivity contribution in [2.75, 3.05) is 17.7 Å². The van der Waals surface area contributed by atoms with Gasteiger partial charge in [0.25, 0.3) is 0 Å². The lowest BCUT2D eigenvalue weighted by Gasteiger charge is -2.28. The van der Waals surface area contributed by atoms with Gasteiger partial charge in [-0.3, -0.25) is 9.59 Å². The number of aromatic nitrogens is 1. The molecule has 0 spiro atoms. The quantitative estimate of drug-likeness (QED) is 0.267. The molecule has 1 saturated carbocycles. The van der Waals surface area contributed by atoms with Gasteiger partial charge in [-0.15, -0.1) is 0 Å². The van der Waals surface area contributed by atoms with E-state index in [0.29, 0.717) is 47.8 Å². The number of anilines is 2. The molecular formula is C29H33N3O5. The number of ether oxygens (including phenoxy) is 1. The maximum Gasteiger partial charge on any atom is 0.306 e. The fraction of sp³-hybridized carbons (Fsp3) is 0.345. The Morgan fingerprint density at radius 3 is 2.68 bits per heavy atom. The number of hydrogen-bond acceptors (Lipinski definition) is 6. The lowest BCUT2D eigenvalue weighted by atomic mass is 9.86. The van der Waals surface area contributed by atoms with Gasteiger partial charge in [0.1, 0.15) is 17.3 Å². The Labute approximate surface area is 216 Å². The molecular weight excluding hydrogens is 470 g/mol. The highest BCUT2D eigenvalue weighted by Gasteiger charge is 2.27. The molecule has 0 aliphatic heterocycles. The van der Waals surface area contributed by atoms with Gasteiger partial charge >= 0.3 is 5.97 Å². The van der Waals surface area contributed by atoms with E-state index in [0.717, 1.165) is 30.4 Å². The summed E-state index contributed by atoms with van der Waals surface area (Å²) in [5.74, 6) is 0.108. The minimum Gasteiger partial charge on any atom is -0.507 e. The summed E-state index contributed by atoms with van der Waals surface area (Å²) < 4.78 is 5.40. The lowest BCUT2D eigenvalue weighted by Crippen LogP contribution is -2.31. The second-order valence-corrected chi connectivity index (χ2v) is 9.43. The number of nitrogens with one attached hydrogen (secondary N) is 2. The Morgan fingerprint density at radius 1 is 1.08 bits per heavy atom. The molecule has 3 aromatic rings. The first-order valence-corrected chi connectivity index (χ1v) is 12.7. The van der Waals surface area contributed by atoms with Crippen molar-refractivity contribution in [3.8, 4) is 33.9 Å². The highest BCUT2D eigenvalue weighted by molar-refractivity contribution is 5.92. The second-order valence-electron chi connectivity index (χ2n) is 9.43. The van der Waals surface area contributed by atoms with Gasteiger partial charge in [0.15, 0.2) is 0 Å². The first kappa shape index (κ1) is 26.0. The van der Waals surface area contributed by atoms with Gasteiger partial charge in [0.05, 0.1) is 18.7 Å². The van der Waals surface area contributed by atoms with Gasteiger partial charge in [0, 0.05) is 23.7 Å². The standard InChI is InChI=1S/C29H33N3O5/c1-3-6-28(34)31-22-11-12-26(33)24(17-22)25-15-20(18-7-5-10-23(14-18)37-2)16-27(32-25)30-21-9-4-8-19(13-21)29(35)36/h5,7,10-12,14-17,19,21,33H,3-4,6,8-9,13H2,1-2H3,(H,30,32)(H,31,34)(H,35,36). The van der Waals surface area contributed by atoms with E-state index in [2.05, 4.69) is 10.6 Å². The van der Waals surface area contributed by atoms with Crippen LogP contribution >= 0.6 is 0 Å². The monoisotopic (exact) mass is 503 g/mol. The molecule has 1 amide bonds. The molecule has 0 radical (unpaired) electrons. The number of aromatic hydroxyl groups is 1. The van der Waals surface area contributed by atoms with Gasteiger partial charge in [-0.05, 0) is 79.3 Å². The van der Waals surface area contributed by atoms with Crippen molar-refractivity contribution in [1.29, 1.82) is 0 Å². The summed E-state index contributed by atoms with van der Waals surface area (Å²) in [6, 6.07) is 16.4. The highest BCUT2D eigenvalue weighted by atomic mass is 16.5. The molecule has 1 aliphatic carbocycles. The number of carbonyl (C=O) groups is 2. The van der Waals surface area contributed by atoms with Gasteiger partial charge < -0.3 is 25.6 Å².